The van der Waals surface area contributed by atoms with Crippen molar-refractivity contribution >= 4 is 27.8 Å². The van der Waals surface area contributed by atoms with E-state index in [0.29, 0.717) is 0 Å². The van der Waals surface area contributed by atoms with Crippen molar-refractivity contribution in [2.45, 2.75) is 0 Å². The maximum atomic E-state index is 5.68. The zero-order valence-electron chi connectivity index (χ0n) is 4.20. The molecule has 0 radical (unpaired) electrons. The van der Waals surface area contributed by atoms with Crippen LogP contribution in [0.15, 0.2) is 0 Å². The average Bonchev–Trinajstić information content (AvgIpc) is 0.650. The van der Waals surface area contributed by atoms with Crippen molar-refractivity contribution in [1.29, 1.82) is 0 Å². The fourth-order valence-corrected chi connectivity index (χ4v) is 0. The third-order valence-electron chi connectivity index (χ3n) is 0. The Labute approximate surface area is 48.3 Å². The fraction of sp³-hybridized carbons (Fsp3) is 1.00. The summed E-state index contributed by atoms with van der Waals surface area (Å²) in [6.07, 6.45) is 0. The van der Waals surface area contributed by atoms with E-state index in [0.717, 1.165) is 0 Å². The quantitative estimate of drug-likeness (QED) is 0.462. The van der Waals surface area contributed by atoms with Gasteiger partial charge in [0, 0.05) is 0 Å². The summed E-state index contributed by atoms with van der Waals surface area (Å²) in [6.45, 7) is 5.61. The average molecular weight is 147 g/mol. The molecule has 0 aromatic carbocycles. The summed E-state index contributed by atoms with van der Waals surface area (Å²) in [7, 11) is 0. The normalized spacial score (nSPS) is 19.2. The summed E-state index contributed by atoms with van der Waals surface area (Å²) in [5.41, 5.74) is 0. The van der Waals surface area contributed by atoms with Crippen LogP contribution in [0.25, 0.3) is 0 Å². The molecule has 6 heavy (non-hydrogen) atoms. The number of hydrogen-bond acceptors (Lipinski definition) is 0. The SMILES string of the molecule is CP(C)(C)(Cl)Cl. The molecule has 3 heteroatoms. The molecule has 0 aromatic heterocycles. The van der Waals surface area contributed by atoms with Crippen LogP contribution in [-0.2, 0) is 0 Å². The first-order valence-corrected chi connectivity index (χ1v) is 7.07. The zero-order valence-corrected chi connectivity index (χ0v) is 6.61. The third-order valence-corrected chi connectivity index (χ3v) is 0. The van der Waals surface area contributed by atoms with Crippen molar-refractivity contribution in [1.82, 2.24) is 0 Å². The van der Waals surface area contributed by atoms with E-state index in [1.54, 1.807) is 0 Å². The molecular weight excluding hydrogens is 138 g/mol. The van der Waals surface area contributed by atoms with Gasteiger partial charge in [-0.2, -0.15) is 0 Å². The summed E-state index contributed by atoms with van der Waals surface area (Å²) in [4.78, 5) is 0. The van der Waals surface area contributed by atoms with Gasteiger partial charge in [-0.3, -0.25) is 0 Å². The monoisotopic (exact) mass is 146 g/mol. The van der Waals surface area contributed by atoms with Gasteiger partial charge in [-0.15, -0.1) is 0 Å². The van der Waals surface area contributed by atoms with Gasteiger partial charge in [-0.1, -0.05) is 0 Å². The van der Waals surface area contributed by atoms with Crippen molar-refractivity contribution in [2.75, 3.05) is 20.0 Å². The first-order valence-electron chi connectivity index (χ1n) is 1.68. The summed E-state index contributed by atoms with van der Waals surface area (Å²) < 4.78 is 0. The Morgan fingerprint density at radius 1 is 1.00 bits per heavy atom. The van der Waals surface area contributed by atoms with E-state index in [-0.39, 0.29) is 0 Å². The molecule has 0 rings (SSSR count). The second-order valence-electron chi connectivity index (χ2n) is 2.42. The van der Waals surface area contributed by atoms with Crippen LogP contribution < -0.4 is 0 Å². The van der Waals surface area contributed by atoms with Crippen LogP contribution >= 0.6 is 27.8 Å². The van der Waals surface area contributed by atoms with Crippen LogP contribution in [0.4, 0.5) is 0 Å². The van der Waals surface area contributed by atoms with Gasteiger partial charge in [0.15, 0.2) is 0 Å². The van der Waals surface area contributed by atoms with Gasteiger partial charge in [-0.25, -0.2) is 0 Å². The van der Waals surface area contributed by atoms with E-state index in [1.807, 2.05) is 20.0 Å². The molecule has 0 saturated heterocycles. The third kappa shape index (κ3) is 79.0. The molecule has 0 aliphatic carbocycles. The molecular formula is C3H9Cl2P. The van der Waals surface area contributed by atoms with Crippen molar-refractivity contribution in [2.24, 2.45) is 0 Å². The van der Waals surface area contributed by atoms with E-state index < -0.39 is 5.31 Å². The molecule has 0 amide bonds. The molecule has 0 N–H and O–H groups in total. The van der Waals surface area contributed by atoms with E-state index in [1.165, 1.54) is 0 Å². The van der Waals surface area contributed by atoms with Gasteiger partial charge >= 0.3 is 47.8 Å². The second-order valence-corrected chi connectivity index (χ2v) is 14.9. The van der Waals surface area contributed by atoms with Gasteiger partial charge < -0.3 is 0 Å². The second kappa shape index (κ2) is 1.24. The fourth-order valence-electron chi connectivity index (χ4n) is 0. The predicted octanol–water partition coefficient (Wildman–Crippen LogP) is 2.74. The molecule has 0 nitrogen and oxygen atoms in total. The number of hydrogen-bond donors (Lipinski definition) is 0. The molecule has 0 aliphatic heterocycles. The molecule has 0 heterocycles. The van der Waals surface area contributed by atoms with Crippen LogP contribution in [0.3, 0.4) is 0 Å². The molecule has 0 spiro atoms. The van der Waals surface area contributed by atoms with E-state index >= 15 is 0 Å². The Balaban J connectivity index is 3.73. The Kier molecular flexibility index (Phi) is 1.45. The van der Waals surface area contributed by atoms with E-state index in [9.17, 15) is 0 Å². The van der Waals surface area contributed by atoms with Crippen molar-refractivity contribution < 1.29 is 0 Å². The molecule has 0 unspecified atom stereocenters. The van der Waals surface area contributed by atoms with Crippen LogP contribution in [0.5, 0.6) is 0 Å². The van der Waals surface area contributed by atoms with Crippen LogP contribution in [0.2, 0.25) is 0 Å². The Morgan fingerprint density at radius 3 is 1.00 bits per heavy atom. The summed E-state index contributed by atoms with van der Waals surface area (Å²) in [5, 5.41) is -2.11. The Hall–Kier alpha value is 1.01. The zero-order chi connectivity index (χ0) is 5.45. The molecule has 0 aromatic rings. The number of rotatable bonds is 0. The number of halogens is 2. The standard InChI is InChI=1S/C3H9Cl2P/c1-6(2,3,4)5/h1-3H3. The van der Waals surface area contributed by atoms with Gasteiger partial charge in [0.1, 0.15) is 0 Å². The molecule has 0 bridgehead atoms. The Bertz CT molecular complexity index is 42.0. The molecule has 40 valence electrons. The van der Waals surface area contributed by atoms with Crippen molar-refractivity contribution in [3.8, 4) is 0 Å². The summed E-state index contributed by atoms with van der Waals surface area (Å²) in [5.74, 6) is 0. The van der Waals surface area contributed by atoms with Crippen LogP contribution in [0.1, 0.15) is 0 Å². The van der Waals surface area contributed by atoms with Crippen molar-refractivity contribution in [3.05, 3.63) is 0 Å². The first-order chi connectivity index (χ1) is 2.24. The van der Waals surface area contributed by atoms with Gasteiger partial charge in [-0.05, 0) is 0 Å². The molecule has 0 aliphatic rings. The van der Waals surface area contributed by atoms with Crippen LogP contribution in [0, 0.1) is 0 Å². The minimum atomic E-state index is -2.11. The molecule has 0 atom stereocenters. The maximum absolute atomic E-state index is 5.68. The van der Waals surface area contributed by atoms with E-state index in [4.69, 9.17) is 22.5 Å². The predicted molar refractivity (Wildman–Crippen MR) is 36.4 cm³/mol. The molecule has 0 fully saturated rings. The topological polar surface area (TPSA) is 0 Å². The van der Waals surface area contributed by atoms with Gasteiger partial charge in [0.2, 0.25) is 0 Å². The van der Waals surface area contributed by atoms with Crippen molar-refractivity contribution in [3.63, 3.8) is 0 Å². The van der Waals surface area contributed by atoms with Crippen LogP contribution in [-0.4, -0.2) is 20.0 Å². The summed E-state index contributed by atoms with van der Waals surface area (Å²) >= 11 is 11.4. The van der Waals surface area contributed by atoms with E-state index in [2.05, 4.69) is 0 Å². The van der Waals surface area contributed by atoms with Gasteiger partial charge in [0.25, 0.3) is 0 Å². The summed E-state index contributed by atoms with van der Waals surface area (Å²) in [6, 6.07) is 0. The minimum absolute atomic E-state index is 1.87. The first kappa shape index (κ1) is 7.01. The molecule has 0 saturated carbocycles. The van der Waals surface area contributed by atoms with Gasteiger partial charge in [0.05, 0.1) is 0 Å². The Morgan fingerprint density at radius 2 is 1.00 bits per heavy atom.